The van der Waals surface area contributed by atoms with Gasteiger partial charge >= 0.3 is 0 Å². The first-order valence-electron chi connectivity index (χ1n) is 30.2. The standard InChI is InChI=1S/C64H78FN11O5S/c1-6-42-9-7-10-45-26-48(77)27-49(55(42)45)57-56(65)58-50(29-66-57)60(75-32-46-16-17-47(33-75)69-46)71-63(70-58)80-35-64(20-21-64)34-73-23-18-40(19-24-73)25-41-30-74(31-41)53-28-52(81-72-53)54(37(2)3)62(79)76-22-8-11-51(76)61(78)68-38(4)43-12-14-44(15-13-43)59-39(5)67-36-82-59/h7,9-10,12-15,26-29,36-38,40-41,46-47,51,54,63,69-70,77H,6,8,11,16-25,30-35H2,1-5H3,(H,68,78)/t38-,46?,47?,51-,54+,63?/m0/s1. The average molecular weight is 1130 g/mol. The molecule has 2 amide bonds. The highest BCUT2D eigenvalue weighted by Gasteiger charge is 2.47. The molecule has 4 N–H and O–H groups in total. The van der Waals surface area contributed by atoms with Gasteiger partial charge in [0.15, 0.2) is 17.4 Å². The van der Waals surface area contributed by atoms with Gasteiger partial charge in [0.25, 0.3) is 0 Å². The van der Waals surface area contributed by atoms with Gasteiger partial charge in [0.1, 0.15) is 29.2 Å². The van der Waals surface area contributed by atoms with Crippen LogP contribution in [0.4, 0.5) is 15.9 Å². The summed E-state index contributed by atoms with van der Waals surface area (Å²) in [5.41, 5.74) is 7.85. The molecule has 6 atom stereocenters. The fraction of sp³-hybridized carbons (Fsp3) is 0.531. The molecule has 7 aliphatic rings. The highest BCUT2D eigenvalue weighted by molar-refractivity contribution is 7.13. The number of aryl methyl sites for hydroxylation is 2. The number of thiazole rings is 1. The van der Waals surface area contributed by atoms with Gasteiger partial charge in [-0.3, -0.25) is 14.6 Å². The molecule has 9 heterocycles. The van der Waals surface area contributed by atoms with E-state index in [1.54, 1.807) is 34.6 Å². The highest BCUT2D eigenvalue weighted by atomic mass is 32.1. The molecule has 6 aliphatic heterocycles. The number of amidine groups is 1. The molecule has 0 radical (unpaired) electrons. The Morgan fingerprint density at radius 1 is 0.927 bits per heavy atom. The number of anilines is 2. The maximum absolute atomic E-state index is 17.3. The van der Waals surface area contributed by atoms with Crippen molar-refractivity contribution in [3.05, 3.63) is 106 Å². The molecule has 16 nitrogen and oxygen atoms in total. The van der Waals surface area contributed by atoms with Crippen LogP contribution in [0.15, 0.2) is 81.9 Å². The van der Waals surface area contributed by atoms with Gasteiger partial charge in [0, 0.05) is 74.6 Å². The predicted molar refractivity (Wildman–Crippen MR) is 318 cm³/mol. The molecule has 13 rings (SSSR count). The van der Waals surface area contributed by atoms with Crippen LogP contribution in [0, 0.1) is 35.9 Å². The molecule has 0 spiro atoms. The summed E-state index contributed by atoms with van der Waals surface area (Å²) in [4.78, 5) is 52.7. The zero-order valence-corrected chi connectivity index (χ0v) is 48.8. The maximum Gasteiger partial charge on any atom is 0.243 e. The Labute approximate surface area is 484 Å². The zero-order chi connectivity index (χ0) is 56.4. The van der Waals surface area contributed by atoms with Gasteiger partial charge in [-0.25, -0.2) is 14.4 Å². The number of fused-ring (bicyclic) bond motifs is 4. The largest absolute Gasteiger partial charge is 0.508 e. The van der Waals surface area contributed by atoms with Crippen LogP contribution in [-0.2, 0) is 20.7 Å². The summed E-state index contributed by atoms with van der Waals surface area (Å²) in [5.74, 6) is 2.12. The van der Waals surface area contributed by atoms with E-state index in [1.165, 1.54) is 19.3 Å². The molecule has 432 valence electrons. The van der Waals surface area contributed by atoms with E-state index in [9.17, 15) is 14.7 Å². The number of rotatable bonds is 17. The first-order valence-corrected chi connectivity index (χ1v) is 31.1. The molecular formula is C64H78FN11O5S. The summed E-state index contributed by atoms with van der Waals surface area (Å²) in [7, 11) is 0. The van der Waals surface area contributed by atoms with Crippen molar-refractivity contribution in [1.29, 1.82) is 0 Å². The van der Waals surface area contributed by atoms with Crippen molar-refractivity contribution >= 4 is 51.3 Å². The molecule has 1 aliphatic carbocycles. The molecule has 82 heavy (non-hydrogen) atoms. The predicted octanol–water partition coefficient (Wildman–Crippen LogP) is 10.3. The van der Waals surface area contributed by atoms with E-state index >= 15 is 4.39 Å². The van der Waals surface area contributed by atoms with Crippen molar-refractivity contribution in [2.75, 3.05) is 69.2 Å². The first kappa shape index (κ1) is 54.8. The number of phenolic OH excluding ortho intramolecular Hbond substituents is 1. The van der Waals surface area contributed by atoms with Crippen molar-refractivity contribution in [3.8, 4) is 27.4 Å². The maximum atomic E-state index is 17.3. The lowest BCUT2D eigenvalue weighted by Gasteiger charge is -2.42. The van der Waals surface area contributed by atoms with Crippen LogP contribution >= 0.6 is 11.3 Å². The monoisotopic (exact) mass is 1130 g/mol. The van der Waals surface area contributed by atoms with Crippen molar-refractivity contribution < 1.29 is 28.3 Å². The summed E-state index contributed by atoms with van der Waals surface area (Å²) < 4.78 is 30.0. The van der Waals surface area contributed by atoms with E-state index in [2.05, 4.69) is 78.0 Å². The van der Waals surface area contributed by atoms with Crippen LogP contribution in [-0.4, -0.2) is 136 Å². The summed E-state index contributed by atoms with van der Waals surface area (Å²) in [6.45, 7) is 17.8. The fourth-order valence-electron chi connectivity index (χ4n) is 14.3. The number of aliphatic imine (C=N–C) groups is 1. The number of piperazine rings is 1. The SMILES string of the molecule is CCc1cccc2cc(O)cc(-c3ncc4c(c3F)NC(OCC3(CN5CCC(CC6CN(c7cc([C@H](C(=O)N8CCC[C@H]8C(=O)N[C@@H](C)c8ccc(-c9scnc9C)cc8)C(C)C)on7)C6)CC5)CC3)N=C4N3CC4CCC(C3)N4)c12. The van der Waals surface area contributed by atoms with E-state index in [-0.39, 0.29) is 40.6 Å². The number of nitrogens with one attached hydrogen (secondary N) is 3. The number of benzene rings is 3. The number of hydrogen-bond acceptors (Lipinski definition) is 15. The van der Waals surface area contributed by atoms with E-state index in [4.69, 9.17) is 19.2 Å². The molecule has 3 aromatic heterocycles. The van der Waals surface area contributed by atoms with Gasteiger partial charge in [-0.2, -0.15) is 0 Å². The third kappa shape index (κ3) is 10.9. The second kappa shape index (κ2) is 22.6. The van der Waals surface area contributed by atoms with Gasteiger partial charge in [0.2, 0.25) is 18.2 Å². The number of piperidine rings is 1. The van der Waals surface area contributed by atoms with Crippen LogP contribution in [0.2, 0.25) is 0 Å². The molecule has 3 unspecified atom stereocenters. The normalized spacial score (nSPS) is 23.4. The summed E-state index contributed by atoms with van der Waals surface area (Å²) in [6, 6.07) is 19.6. The Bertz CT molecular complexity index is 3350. The van der Waals surface area contributed by atoms with Crippen LogP contribution in [0.5, 0.6) is 5.75 Å². The van der Waals surface area contributed by atoms with E-state index in [0.717, 1.165) is 134 Å². The number of carbonyl (C=O) groups excluding carboxylic acids is 2. The number of pyridine rings is 1. The van der Waals surface area contributed by atoms with Crippen LogP contribution in [0.3, 0.4) is 0 Å². The number of hydrogen-bond donors (Lipinski definition) is 4. The third-order valence-electron chi connectivity index (χ3n) is 19.1. The van der Waals surface area contributed by atoms with Gasteiger partial charge < -0.3 is 49.9 Å². The first-order chi connectivity index (χ1) is 39.8. The van der Waals surface area contributed by atoms with Gasteiger partial charge in [-0.05, 0) is 148 Å². The van der Waals surface area contributed by atoms with Crippen molar-refractivity contribution in [2.24, 2.45) is 28.2 Å². The molecule has 6 aromatic rings. The number of aromatic nitrogens is 3. The molecule has 2 bridgehead atoms. The quantitative estimate of drug-likeness (QED) is 0.0679. The molecule has 5 saturated heterocycles. The number of nitrogens with zero attached hydrogens (tertiary/aromatic N) is 8. The Balaban J connectivity index is 0.594. The number of carbonyl (C=O) groups is 2. The molecular weight excluding hydrogens is 1050 g/mol. The van der Waals surface area contributed by atoms with Crippen LogP contribution in [0.1, 0.15) is 126 Å². The lowest BCUT2D eigenvalue weighted by Crippen LogP contribution is -2.54. The average Bonchev–Trinajstić information content (AvgIpc) is 4.07. The Kier molecular flexibility index (Phi) is 15.1. The van der Waals surface area contributed by atoms with Gasteiger partial charge in [0.05, 0.1) is 40.0 Å². The molecule has 6 fully saturated rings. The number of amides is 2. The Hall–Kier alpha value is -6.47. The minimum atomic E-state index is -0.757. The van der Waals surface area contributed by atoms with Gasteiger partial charge in [-0.1, -0.05) is 68.4 Å². The zero-order valence-electron chi connectivity index (χ0n) is 48.0. The van der Waals surface area contributed by atoms with Crippen molar-refractivity contribution in [3.63, 3.8) is 0 Å². The summed E-state index contributed by atoms with van der Waals surface area (Å²) >= 11 is 1.62. The van der Waals surface area contributed by atoms with E-state index in [1.807, 2.05) is 51.4 Å². The van der Waals surface area contributed by atoms with E-state index < -0.39 is 24.1 Å². The topological polar surface area (TPSA) is 177 Å². The van der Waals surface area contributed by atoms with Crippen LogP contribution in [0.25, 0.3) is 32.5 Å². The Morgan fingerprint density at radius 3 is 2.43 bits per heavy atom. The number of ether oxygens (including phenoxy) is 1. The van der Waals surface area contributed by atoms with Crippen molar-refractivity contribution in [2.45, 2.75) is 135 Å². The third-order valence-corrected chi connectivity index (χ3v) is 20.0. The number of halogens is 1. The lowest BCUT2D eigenvalue weighted by molar-refractivity contribution is -0.141. The summed E-state index contributed by atoms with van der Waals surface area (Å²) in [5, 5.41) is 27.4. The number of likely N-dealkylation sites (tertiary alicyclic amines) is 3. The summed E-state index contributed by atoms with van der Waals surface area (Å²) in [6.07, 6.45) is 11.1. The second-order valence-corrected chi connectivity index (χ2v) is 26.1. The highest BCUT2D eigenvalue weighted by Crippen LogP contribution is 2.48. The number of phenols is 1. The smallest absolute Gasteiger partial charge is 0.243 e. The lowest BCUT2D eigenvalue weighted by atomic mass is 9.83. The van der Waals surface area contributed by atoms with Crippen LogP contribution < -0.4 is 20.9 Å². The van der Waals surface area contributed by atoms with Gasteiger partial charge in [-0.15, -0.1) is 11.3 Å². The number of aromatic hydroxyl groups is 1. The molecule has 1 saturated carbocycles. The Morgan fingerprint density at radius 2 is 1.71 bits per heavy atom. The second-order valence-electron chi connectivity index (χ2n) is 25.2. The minimum Gasteiger partial charge on any atom is -0.508 e. The van der Waals surface area contributed by atoms with Crippen molar-refractivity contribution in [1.82, 2.24) is 40.5 Å². The van der Waals surface area contributed by atoms with E-state index in [0.29, 0.717) is 66.1 Å². The fourth-order valence-corrected chi connectivity index (χ4v) is 15.1. The minimum absolute atomic E-state index is 0.0433. The molecule has 3 aromatic carbocycles. The molecule has 18 heteroatoms.